The first-order chi connectivity index (χ1) is 6.24. The molecule has 1 aliphatic heterocycles. The fraction of sp³-hybridized carbons (Fsp3) is 0.667. The normalized spacial score (nSPS) is 13.6. The molecule has 0 atom stereocenters. The van der Waals surface area contributed by atoms with E-state index in [0.29, 0.717) is 0 Å². The summed E-state index contributed by atoms with van der Waals surface area (Å²) in [6, 6.07) is 0. The molecule has 1 rings (SSSR count). The lowest BCUT2D eigenvalue weighted by molar-refractivity contribution is 0.293. The minimum atomic E-state index is 1.07. The van der Waals surface area contributed by atoms with Crippen LogP contribution in [-0.4, -0.2) is 37.9 Å². The quantitative estimate of drug-likeness (QED) is 0.593. The van der Waals surface area contributed by atoms with E-state index < -0.39 is 0 Å². The molecule has 0 unspecified atom stereocenters. The lowest BCUT2D eigenvalue weighted by Gasteiger charge is -2.17. The van der Waals surface area contributed by atoms with Crippen molar-refractivity contribution in [1.29, 1.82) is 5.26 Å². The summed E-state index contributed by atoms with van der Waals surface area (Å²) in [5.41, 5.74) is 0. The third kappa shape index (κ3) is 6.09. The summed E-state index contributed by atoms with van der Waals surface area (Å²) in [6.45, 7) is 4.50. The fourth-order valence-corrected chi connectivity index (χ4v) is 1.10. The molecule has 3 nitrogen and oxygen atoms in total. The number of hydrogen-bond acceptors (Lipinski definition) is 3. The number of nitrogens with zero attached hydrogens (tertiary/aromatic N) is 3. The van der Waals surface area contributed by atoms with E-state index in [9.17, 15) is 0 Å². The van der Waals surface area contributed by atoms with Crippen molar-refractivity contribution >= 4 is 7.85 Å². The van der Waals surface area contributed by atoms with E-state index in [2.05, 4.69) is 36.2 Å². The molecule has 0 saturated heterocycles. The summed E-state index contributed by atoms with van der Waals surface area (Å²) in [6.07, 6.45) is 6.87. The largest absolute Gasteiger partial charge is 0.362 e. The number of hydrogen-bond donors (Lipinski definition) is 0. The fourth-order valence-electron chi connectivity index (χ4n) is 1.10. The van der Waals surface area contributed by atoms with Crippen molar-refractivity contribution in [1.82, 2.24) is 9.80 Å². The number of nitriles is 1. The van der Waals surface area contributed by atoms with Gasteiger partial charge in [-0.25, -0.2) is 5.26 Å². The SMILES string of the molecule is BC#N.CCCCN1C=CN(C)C1. The highest BCUT2D eigenvalue weighted by molar-refractivity contribution is 6.20. The number of rotatable bonds is 3. The van der Waals surface area contributed by atoms with Gasteiger partial charge in [-0.1, -0.05) is 13.3 Å². The molecule has 0 radical (unpaired) electrons. The zero-order valence-corrected chi connectivity index (χ0v) is 8.82. The van der Waals surface area contributed by atoms with Crippen molar-refractivity contribution in [3.05, 3.63) is 12.4 Å². The van der Waals surface area contributed by atoms with Crippen molar-refractivity contribution in [3.8, 4) is 5.97 Å². The minimum Gasteiger partial charge on any atom is -0.362 e. The maximum atomic E-state index is 7.32. The Balaban J connectivity index is 0.000000424. The molecule has 0 N–H and O–H groups in total. The lowest BCUT2D eigenvalue weighted by Crippen LogP contribution is -2.23. The van der Waals surface area contributed by atoms with Crippen LogP contribution in [0.15, 0.2) is 12.4 Å². The molecule has 13 heavy (non-hydrogen) atoms. The Morgan fingerprint density at radius 1 is 1.54 bits per heavy atom. The summed E-state index contributed by atoms with van der Waals surface area (Å²) in [5, 5.41) is 7.32. The van der Waals surface area contributed by atoms with Gasteiger partial charge in [-0.15, -0.1) is 0 Å². The predicted octanol–water partition coefficient (Wildman–Crippen LogP) is 0.563. The topological polar surface area (TPSA) is 30.3 Å². The Morgan fingerprint density at radius 2 is 2.15 bits per heavy atom. The highest BCUT2D eigenvalue weighted by atomic mass is 15.3. The molecule has 0 aromatic carbocycles. The smallest absolute Gasteiger partial charge is 0.232 e. The van der Waals surface area contributed by atoms with Crippen molar-refractivity contribution in [2.45, 2.75) is 19.8 Å². The van der Waals surface area contributed by atoms with Crippen LogP contribution >= 0.6 is 0 Å². The van der Waals surface area contributed by atoms with Crippen LogP contribution in [-0.2, 0) is 0 Å². The van der Waals surface area contributed by atoms with Crippen LogP contribution in [0.1, 0.15) is 19.8 Å². The van der Waals surface area contributed by atoms with Crippen molar-refractivity contribution < 1.29 is 0 Å². The van der Waals surface area contributed by atoms with Gasteiger partial charge in [0.05, 0.1) is 6.67 Å². The average molecular weight is 179 g/mol. The second-order valence-corrected chi connectivity index (χ2v) is 3.09. The maximum Gasteiger partial charge on any atom is 0.232 e. The Kier molecular flexibility index (Phi) is 6.90. The molecule has 0 amide bonds. The summed E-state index contributed by atoms with van der Waals surface area (Å²) >= 11 is 0. The van der Waals surface area contributed by atoms with E-state index >= 15 is 0 Å². The van der Waals surface area contributed by atoms with E-state index in [1.54, 1.807) is 5.97 Å². The molecular formula is C9H18BN3. The Morgan fingerprint density at radius 3 is 2.54 bits per heavy atom. The van der Waals surface area contributed by atoms with Crippen LogP contribution < -0.4 is 0 Å². The first-order valence-corrected chi connectivity index (χ1v) is 4.68. The van der Waals surface area contributed by atoms with Crippen molar-refractivity contribution in [2.24, 2.45) is 0 Å². The van der Waals surface area contributed by atoms with Crippen molar-refractivity contribution in [2.75, 3.05) is 20.3 Å². The van der Waals surface area contributed by atoms with Crippen LogP contribution in [0.3, 0.4) is 0 Å². The molecule has 0 saturated carbocycles. The van der Waals surface area contributed by atoms with Gasteiger partial charge in [0.15, 0.2) is 0 Å². The van der Waals surface area contributed by atoms with Crippen LogP contribution in [0.2, 0.25) is 0 Å². The first-order valence-electron chi connectivity index (χ1n) is 4.68. The second-order valence-electron chi connectivity index (χ2n) is 3.09. The Hall–Kier alpha value is -1.11. The number of unbranched alkanes of at least 4 members (excludes halogenated alkanes) is 1. The molecule has 1 aliphatic rings. The van der Waals surface area contributed by atoms with Gasteiger partial charge in [-0.05, 0) is 12.4 Å². The summed E-state index contributed by atoms with van der Waals surface area (Å²) in [4.78, 5) is 4.53. The molecule has 0 aliphatic carbocycles. The average Bonchev–Trinajstić information content (AvgIpc) is 2.49. The first kappa shape index (κ1) is 11.9. The predicted molar refractivity (Wildman–Crippen MR) is 57.5 cm³/mol. The summed E-state index contributed by atoms with van der Waals surface area (Å²) < 4.78 is 0. The van der Waals surface area contributed by atoms with E-state index in [0.717, 1.165) is 6.67 Å². The lowest BCUT2D eigenvalue weighted by atomic mass is 10.2. The van der Waals surface area contributed by atoms with Gasteiger partial charge in [-0.2, -0.15) is 0 Å². The van der Waals surface area contributed by atoms with E-state index in [-0.39, 0.29) is 0 Å². The Bertz CT molecular complexity index is 186. The molecule has 0 aromatic rings. The molecule has 72 valence electrons. The molecule has 0 fully saturated rings. The zero-order chi connectivity index (χ0) is 10.1. The molecule has 0 aromatic heterocycles. The molecule has 4 heteroatoms. The van der Waals surface area contributed by atoms with E-state index in [1.807, 2.05) is 0 Å². The van der Waals surface area contributed by atoms with Gasteiger partial charge in [0.25, 0.3) is 0 Å². The molecule has 0 bridgehead atoms. The standard InChI is InChI=1S/C8H16N2.CH2BN/c1-3-4-5-10-7-6-9(2)8-10;2-1-3/h6-7H,3-5,8H2,1-2H3;2H2. The zero-order valence-electron chi connectivity index (χ0n) is 8.82. The molecule has 0 spiro atoms. The van der Waals surface area contributed by atoms with Crippen LogP contribution in [0.4, 0.5) is 0 Å². The second kappa shape index (κ2) is 7.54. The minimum absolute atomic E-state index is 1.07. The monoisotopic (exact) mass is 179 g/mol. The highest BCUT2D eigenvalue weighted by Crippen LogP contribution is 2.04. The van der Waals surface area contributed by atoms with Crippen LogP contribution in [0, 0.1) is 11.2 Å². The highest BCUT2D eigenvalue weighted by Gasteiger charge is 2.05. The Labute approximate surface area is 82.0 Å². The van der Waals surface area contributed by atoms with Crippen LogP contribution in [0.5, 0.6) is 0 Å². The summed E-state index contributed by atoms with van der Waals surface area (Å²) in [5.74, 6) is 1.75. The van der Waals surface area contributed by atoms with Gasteiger partial charge >= 0.3 is 0 Å². The molecule has 1 heterocycles. The van der Waals surface area contributed by atoms with Gasteiger partial charge in [0.2, 0.25) is 7.85 Å². The maximum absolute atomic E-state index is 7.32. The van der Waals surface area contributed by atoms with Crippen molar-refractivity contribution in [3.63, 3.8) is 0 Å². The van der Waals surface area contributed by atoms with Gasteiger partial charge in [0, 0.05) is 26.0 Å². The van der Waals surface area contributed by atoms with E-state index in [4.69, 9.17) is 5.26 Å². The third-order valence-corrected chi connectivity index (χ3v) is 1.74. The summed E-state index contributed by atoms with van der Waals surface area (Å²) in [7, 11) is 3.53. The van der Waals surface area contributed by atoms with Gasteiger partial charge < -0.3 is 9.80 Å². The third-order valence-electron chi connectivity index (χ3n) is 1.74. The van der Waals surface area contributed by atoms with Crippen LogP contribution in [0.25, 0.3) is 0 Å². The molecular weight excluding hydrogens is 161 g/mol. The van der Waals surface area contributed by atoms with E-state index in [1.165, 1.54) is 27.2 Å². The van der Waals surface area contributed by atoms with Gasteiger partial charge in [-0.3, -0.25) is 0 Å². The van der Waals surface area contributed by atoms with Gasteiger partial charge in [0.1, 0.15) is 0 Å².